The predicted octanol–water partition coefficient (Wildman–Crippen LogP) is 3.84. The lowest BCUT2D eigenvalue weighted by molar-refractivity contribution is -0.127. The molecule has 2 amide bonds. The van der Waals surface area contributed by atoms with E-state index in [1.807, 2.05) is 36.4 Å². The van der Waals surface area contributed by atoms with E-state index in [0.717, 1.165) is 41.5 Å². The third-order valence-electron chi connectivity index (χ3n) is 6.83. The van der Waals surface area contributed by atoms with E-state index in [-0.39, 0.29) is 30.5 Å². The summed E-state index contributed by atoms with van der Waals surface area (Å²) in [5, 5.41) is 14.6. The molecule has 2 aromatic carbocycles. The normalized spacial score (nSPS) is 15.8. The molecule has 9 nitrogen and oxygen atoms in total. The van der Waals surface area contributed by atoms with Crippen molar-refractivity contribution in [1.29, 1.82) is 0 Å². The van der Waals surface area contributed by atoms with Gasteiger partial charge >= 0.3 is 12.1 Å². The van der Waals surface area contributed by atoms with Crippen LogP contribution in [-0.2, 0) is 16.1 Å². The Balaban J connectivity index is 1.25. The minimum atomic E-state index is -1.24. The number of aromatic carboxylic acids is 1. The summed E-state index contributed by atoms with van der Waals surface area (Å²) in [4.78, 5) is 40.8. The van der Waals surface area contributed by atoms with Gasteiger partial charge in [-0.15, -0.1) is 0 Å². The Morgan fingerprint density at radius 2 is 1.66 bits per heavy atom. The van der Waals surface area contributed by atoms with Crippen LogP contribution in [0, 0.1) is 0 Å². The number of benzene rings is 2. The summed E-state index contributed by atoms with van der Waals surface area (Å²) in [7, 11) is 0. The van der Waals surface area contributed by atoms with E-state index < -0.39 is 23.5 Å². The molecule has 3 N–H and O–H groups in total. The van der Waals surface area contributed by atoms with Gasteiger partial charge in [-0.25, -0.2) is 14.6 Å². The molecule has 35 heavy (non-hydrogen) atoms. The number of hydrogen-bond donors (Lipinski definition) is 3. The van der Waals surface area contributed by atoms with Gasteiger partial charge in [0.25, 0.3) is 0 Å². The number of carbonyl (C=O) groups is 3. The summed E-state index contributed by atoms with van der Waals surface area (Å²) in [6.45, 7) is 0.00613. The zero-order valence-electron chi connectivity index (χ0n) is 19.0. The molecule has 180 valence electrons. The first-order valence-electron chi connectivity index (χ1n) is 11.6. The topological polar surface area (TPSA) is 131 Å². The molecule has 2 aliphatic rings. The number of aromatic nitrogens is 1. The van der Waals surface area contributed by atoms with E-state index in [9.17, 15) is 14.4 Å². The summed E-state index contributed by atoms with van der Waals surface area (Å²) in [5.41, 5.74) is 3.11. The summed E-state index contributed by atoms with van der Waals surface area (Å²) >= 11 is 0. The Morgan fingerprint density at radius 3 is 2.29 bits per heavy atom. The molecule has 9 heteroatoms. The van der Waals surface area contributed by atoms with Crippen LogP contribution in [0.25, 0.3) is 11.1 Å². The van der Waals surface area contributed by atoms with Crippen molar-refractivity contribution in [2.75, 3.05) is 6.61 Å². The molecule has 3 aromatic rings. The smallest absolute Gasteiger partial charge is 0.408 e. The number of carboxylic acid groups (broad SMARTS) is 1. The predicted molar refractivity (Wildman–Crippen MR) is 125 cm³/mol. The highest BCUT2D eigenvalue weighted by Crippen LogP contribution is 2.44. The minimum Gasteiger partial charge on any atom is -0.476 e. The number of nitrogens with one attached hydrogen (secondary N) is 2. The standard InChI is InChI=1S/C26H25N3O6/c30-23(31)22-21(35-15-28-22)13-27-24(32)26(11-5-6-12-26)29-25(33)34-14-20-18-9-3-1-7-16(18)17-8-2-4-10-19(17)20/h1-4,7-10,15,20H,5-6,11-14H2,(H,27,32)(H,29,33)(H,30,31). The lowest BCUT2D eigenvalue weighted by Crippen LogP contribution is -2.57. The first kappa shape index (κ1) is 22.6. The Kier molecular flexibility index (Phi) is 5.98. The number of oxazole rings is 1. The SMILES string of the molecule is O=C(NC1(C(=O)NCc2ocnc2C(=O)O)CCCC1)OCC1c2ccccc2-c2ccccc21. The summed E-state index contributed by atoms with van der Waals surface area (Å²) in [5.74, 6) is -1.69. The fourth-order valence-corrected chi connectivity index (χ4v) is 5.12. The molecule has 1 fully saturated rings. The maximum absolute atomic E-state index is 13.1. The Bertz CT molecular complexity index is 1230. The van der Waals surface area contributed by atoms with Gasteiger partial charge in [0, 0.05) is 5.92 Å². The average molecular weight is 476 g/mol. The molecule has 0 spiro atoms. The van der Waals surface area contributed by atoms with Gasteiger partial charge in [0.15, 0.2) is 17.8 Å². The first-order chi connectivity index (χ1) is 17.0. The van der Waals surface area contributed by atoms with Crippen LogP contribution in [0.2, 0.25) is 0 Å². The summed E-state index contributed by atoms with van der Waals surface area (Å²) < 4.78 is 10.7. The lowest BCUT2D eigenvalue weighted by atomic mass is 9.96. The average Bonchev–Trinajstić information content (AvgIpc) is 3.59. The zero-order chi connectivity index (χ0) is 24.4. The molecular weight excluding hydrogens is 450 g/mol. The summed E-state index contributed by atoms with van der Waals surface area (Å²) in [6, 6.07) is 16.1. The van der Waals surface area contributed by atoms with Gasteiger partial charge in [0.2, 0.25) is 5.91 Å². The molecule has 1 aromatic heterocycles. The second kappa shape index (κ2) is 9.25. The van der Waals surface area contributed by atoms with Gasteiger partial charge in [-0.1, -0.05) is 61.4 Å². The largest absolute Gasteiger partial charge is 0.476 e. The molecular formula is C26H25N3O6. The van der Waals surface area contributed by atoms with Gasteiger partial charge in [0.05, 0.1) is 6.54 Å². The first-order valence-corrected chi connectivity index (χ1v) is 11.6. The Labute approximate surface area is 201 Å². The Morgan fingerprint density at radius 1 is 1.03 bits per heavy atom. The molecule has 2 aliphatic carbocycles. The number of rotatable bonds is 7. The number of carbonyl (C=O) groups excluding carboxylic acids is 2. The van der Waals surface area contributed by atoms with Crippen LogP contribution in [0.3, 0.4) is 0 Å². The van der Waals surface area contributed by atoms with Gasteiger partial charge in [0.1, 0.15) is 12.1 Å². The molecule has 0 bridgehead atoms. The van der Waals surface area contributed by atoms with E-state index in [1.54, 1.807) is 0 Å². The second-order valence-corrected chi connectivity index (χ2v) is 8.85. The van der Waals surface area contributed by atoms with E-state index in [1.165, 1.54) is 0 Å². The van der Waals surface area contributed by atoms with Gasteiger partial charge in [-0.2, -0.15) is 0 Å². The van der Waals surface area contributed by atoms with Crippen LogP contribution in [0.4, 0.5) is 4.79 Å². The molecule has 5 rings (SSSR count). The fraction of sp³-hybridized carbons (Fsp3) is 0.308. The van der Waals surface area contributed by atoms with E-state index in [0.29, 0.717) is 12.8 Å². The van der Waals surface area contributed by atoms with Gasteiger partial charge < -0.3 is 24.9 Å². The highest BCUT2D eigenvalue weighted by atomic mass is 16.5. The number of fused-ring (bicyclic) bond motifs is 3. The van der Waals surface area contributed by atoms with Gasteiger partial charge in [-0.05, 0) is 35.1 Å². The van der Waals surface area contributed by atoms with Crippen molar-refractivity contribution in [3.05, 3.63) is 77.5 Å². The van der Waals surface area contributed by atoms with Crippen LogP contribution >= 0.6 is 0 Å². The van der Waals surface area contributed by atoms with Crippen molar-refractivity contribution in [3.63, 3.8) is 0 Å². The van der Waals surface area contributed by atoms with E-state index >= 15 is 0 Å². The molecule has 0 atom stereocenters. The number of hydrogen-bond acceptors (Lipinski definition) is 6. The number of amides is 2. The van der Waals surface area contributed by atoms with Crippen LogP contribution in [0.5, 0.6) is 0 Å². The van der Waals surface area contributed by atoms with Crippen molar-refractivity contribution in [3.8, 4) is 11.1 Å². The number of ether oxygens (including phenoxy) is 1. The second-order valence-electron chi connectivity index (χ2n) is 8.85. The molecule has 1 heterocycles. The number of nitrogens with zero attached hydrogens (tertiary/aromatic N) is 1. The highest BCUT2D eigenvalue weighted by Gasteiger charge is 2.43. The molecule has 0 saturated heterocycles. The van der Waals surface area contributed by atoms with Crippen LogP contribution in [-0.4, -0.2) is 40.2 Å². The van der Waals surface area contributed by atoms with Crippen LogP contribution in [0.15, 0.2) is 59.3 Å². The van der Waals surface area contributed by atoms with Gasteiger partial charge in [-0.3, -0.25) is 4.79 Å². The molecule has 1 saturated carbocycles. The van der Waals surface area contributed by atoms with Crippen molar-refractivity contribution in [2.24, 2.45) is 0 Å². The monoisotopic (exact) mass is 475 g/mol. The summed E-state index contributed by atoms with van der Waals surface area (Å²) in [6.07, 6.45) is 2.84. The molecule has 0 aliphatic heterocycles. The maximum Gasteiger partial charge on any atom is 0.408 e. The van der Waals surface area contributed by atoms with Crippen molar-refractivity contribution >= 4 is 18.0 Å². The molecule has 0 radical (unpaired) electrons. The fourth-order valence-electron chi connectivity index (χ4n) is 5.12. The van der Waals surface area contributed by atoms with Crippen molar-refractivity contribution in [1.82, 2.24) is 15.6 Å². The third kappa shape index (κ3) is 4.25. The molecule has 0 unspecified atom stereocenters. The highest BCUT2D eigenvalue weighted by molar-refractivity contribution is 5.91. The maximum atomic E-state index is 13.1. The van der Waals surface area contributed by atoms with Crippen molar-refractivity contribution < 1.29 is 28.6 Å². The lowest BCUT2D eigenvalue weighted by Gasteiger charge is -2.28. The van der Waals surface area contributed by atoms with E-state index in [2.05, 4.69) is 27.8 Å². The number of carboxylic acids is 1. The Hall–Kier alpha value is -4.14. The quantitative estimate of drug-likeness (QED) is 0.473. The third-order valence-corrected chi connectivity index (χ3v) is 6.83. The number of alkyl carbamates (subject to hydrolysis) is 1. The van der Waals surface area contributed by atoms with Crippen LogP contribution in [0.1, 0.15) is 59.0 Å². The zero-order valence-corrected chi connectivity index (χ0v) is 19.0. The van der Waals surface area contributed by atoms with Crippen molar-refractivity contribution in [2.45, 2.75) is 43.7 Å². The minimum absolute atomic E-state index is 0.0418. The van der Waals surface area contributed by atoms with Crippen LogP contribution < -0.4 is 10.6 Å². The van der Waals surface area contributed by atoms with E-state index in [4.69, 9.17) is 14.3 Å².